The van der Waals surface area contributed by atoms with Gasteiger partial charge in [0, 0.05) is 25.5 Å². The molecule has 1 unspecified atom stereocenters. The molecule has 0 aliphatic heterocycles. The largest absolute Gasteiger partial charge is 0.441 e. The van der Waals surface area contributed by atoms with E-state index in [1.807, 2.05) is 31.2 Å². The van der Waals surface area contributed by atoms with Crippen molar-refractivity contribution in [3.8, 4) is 11.3 Å². The Balaban J connectivity index is 1.95. The summed E-state index contributed by atoms with van der Waals surface area (Å²) in [6.45, 7) is 3.79. The van der Waals surface area contributed by atoms with Crippen molar-refractivity contribution in [1.29, 1.82) is 0 Å². The van der Waals surface area contributed by atoms with Gasteiger partial charge >= 0.3 is 0 Å². The van der Waals surface area contributed by atoms with E-state index in [2.05, 4.69) is 4.98 Å². The van der Waals surface area contributed by atoms with Gasteiger partial charge in [0.2, 0.25) is 5.91 Å². The van der Waals surface area contributed by atoms with Crippen LogP contribution in [0.25, 0.3) is 11.3 Å². The zero-order valence-electron chi connectivity index (χ0n) is 13.2. The molecule has 1 aromatic heterocycles. The second-order valence-corrected chi connectivity index (χ2v) is 5.52. The molecule has 0 fully saturated rings. The van der Waals surface area contributed by atoms with E-state index >= 15 is 0 Å². The van der Waals surface area contributed by atoms with Gasteiger partial charge in [-0.1, -0.05) is 29.8 Å². The number of amides is 1. The summed E-state index contributed by atoms with van der Waals surface area (Å²) < 4.78 is 5.70. The molecule has 1 heterocycles. The van der Waals surface area contributed by atoms with Gasteiger partial charge in [-0.25, -0.2) is 4.98 Å². The topological polar surface area (TPSA) is 66.6 Å². The Morgan fingerprint density at radius 3 is 2.68 bits per heavy atom. The maximum Gasteiger partial charge on any atom is 0.223 e. The summed E-state index contributed by atoms with van der Waals surface area (Å²) in [5, 5.41) is 9.06. The second-order valence-electron chi connectivity index (χ2n) is 5.52. The van der Waals surface area contributed by atoms with Crippen LogP contribution in [0.3, 0.4) is 0 Å². The van der Waals surface area contributed by atoms with E-state index in [0.717, 1.165) is 5.56 Å². The highest BCUT2D eigenvalue weighted by atomic mass is 16.4. The number of carbonyl (C=O) groups excluding carboxylic acids is 1. The maximum atomic E-state index is 12.0. The van der Waals surface area contributed by atoms with Crippen molar-refractivity contribution in [3.63, 3.8) is 0 Å². The van der Waals surface area contributed by atoms with Gasteiger partial charge in [-0.2, -0.15) is 0 Å². The Morgan fingerprint density at radius 1 is 1.36 bits per heavy atom. The quantitative estimate of drug-likeness (QED) is 0.890. The van der Waals surface area contributed by atoms with Gasteiger partial charge in [0.15, 0.2) is 11.7 Å². The minimum Gasteiger partial charge on any atom is -0.441 e. The molecule has 1 N–H and O–H groups in total. The molecule has 1 aromatic carbocycles. The van der Waals surface area contributed by atoms with Crippen molar-refractivity contribution in [1.82, 2.24) is 9.88 Å². The highest BCUT2D eigenvalue weighted by Crippen LogP contribution is 2.21. The average molecular weight is 302 g/mol. The first-order valence-electron chi connectivity index (χ1n) is 7.39. The smallest absolute Gasteiger partial charge is 0.223 e. The number of aryl methyl sites for hydroxylation is 2. The fourth-order valence-corrected chi connectivity index (χ4v) is 2.04. The molecule has 0 aliphatic rings. The number of likely N-dealkylation sites (N-methyl/N-ethyl adjacent to an activating group) is 1. The lowest BCUT2D eigenvalue weighted by atomic mass is 10.1. The van der Waals surface area contributed by atoms with Crippen LogP contribution in [0.1, 0.15) is 24.8 Å². The van der Waals surface area contributed by atoms with Gasteiger partial charge in [-0.15, -0.1) is 0 Å². The molecule has 0 radical (unpaired) electrons. The van der Waals surface area contributed by atoms with Crippen molar-refractivity contribution in [3.05, 3.63) is 41.9 Å². The lowest BCUT2D eigenvalue weighted by Crippen LogP contribution is -2.37. The van der Waals surface area contributed by atoms with Gasteiger partial charge < -0.3 is 14.4 Å². The first-order chi connectivity index (χ1) is 10.5. The number of carbonyl (C=O) groups is 1. The molecule has 5 heteroatoms. The predicted molar refractivity (Wildman–Crippen MR) is 84.3 cm³/mol. The van der Waals surface area contributed by atoms with Crippen LogP contribution in [0.4, 0.5) is 0 Å². The number of hydrogen-bond donors (Lipinski definition) is 1. The van der Waals surface area contributed by atoms with Crippen molar-refractivity contribution in [2.45, 2.75) is 32.7 Å². The molecule has 2 aromatic rings. The maximum absolute atomic E-state index is 12.0. The van der Waals surface area contributed by atoms with Crippen LogP contribution in [-0.4, -0.2) is 40.6 Å². The predicted octanol–water partition coefficient (Wildman–Crippen LogP) is 2.42. The fraction of sp³-hybridized carbons (Fsp3) is 0.412. The SMILES string of the molecule is Cc1ccc(-c2cnc(CCC(=O)N(C)C(C)CO)o2)cc1. The number of nitrogens with zero attached hydrogens (tertiary/aromatic N) is 2. The molecule has 0 aliphatic carbocycles. The molecule has 0 bridgehead atoms. The van der Waals surface area contributed by atoms with Crippen molar-refractivity contribution in [2.24, 2.45) is 0 Å². The van der Waals surface area contributed by atoms with Crippen molar-refractivity contribution >= 4 is 5.91 Å². The third-order valence-corrected chi connectivity index (χ3v) is 3.76. The van der Waals surface area contributed by atoms with Crippen molar-refractivity contribution < 1.29 is 14.3 Å². The Morgan fingerprint density at radius 2 is 2.05 bits per heavy atom. The lowest BCUT2D eigenvalue weighted by Gasteiger charge is -2.22. The van der Waals surface area contributed by atoms with Crippen LogP contribution < -0.4 is 0 Å². The molecule has 2 rings (SSSR count). The van der Waals surface area contributed by atoms with Gasteiger partial charge in [0.1, 0.15) is 0 Å². The lowest BCUT2D eigenvalue weighted by molar-refractivity contribution is -0.132. The number of rotatable bonds is 6. The number of aliphatic hydroxyl groups excluding tert-OH is 1. The summed E-state index contributed by atoms with van der Waals surface area (Å²) in [5.74, 6) is 1.23. The van der Waals surface area contributed by atoms with E-state index in [1.54, 1.807) is 25.1 Å². The van der Waals surface area contributed by atoms with Gasteiger partial charge in [0.05, 0.1) is 18.8 Å². The highest BCUT2D eigenvalue weighted by molar-refractivity contribution is 5.76. The Hall–Kier alpha value is -2.14. The molecule has 0 saturated carbocycles. The van der Waals surface area contributed by atoms with Crippen LogP contribution in [0.2, 0.25) is 0 Å². The highest BCUT2D eigenvalue weighted by Gasteiger charge is 2.16. The third-order valence-electron chi connectivity index (χ3n) is 3.76. The summed E-state index contributed by atoms with van der Waals surface area (Å²) in [5.41, 5.74) is 2.16. The summed E-state index contributed by atoms with van der Waals surface area (Å²) in [4.78, 5) is 17.7. The summed E-state index contributed by atoms with van der Waals surface area (Å²) in [6.07, 6.45) is 2.45. The molecule has 118 valence electrons. The number of oxazole rings is 1. The summed E-state index contributed by atoms with van der Waals surface area (Å²) >= 11 is 0. The van der Waals surface area contributed by atoms with Crippen LogP contribution >= 0.6 is 0 Å². The Kier molecular flexibility index (Phi) is 5.33. The van der Waals surface area contributed by atoms with Crippen LogP contribution in [0, 0.1) is 6.92 Å². The summed E-state index contributed by atoms with van der Waals surface area (Å²) in [6, 6.07) is 7.84. The molecular weight excluding hydrogens is 280 g/mol. The number of benzene rings is 1. The normalized spacial score (nSPS) is 12.2. The third kappa shape index (κ3) is 3.95. The van der Waals surface area contributed by atoms with E-state index < -0.39 is 0 Å². The van der Waals surface area contributed by atoms with E-state index in [0.29, 0.717) is 24.5 Å². The van der Waals surface area contributed by atoms with Crippen LogP contribution in [-0.2, 0) is 11.2 Å². The summed E-state index contributed by atoms with van der Waals surface area (Å²) in [7, 11) is 1.69. The van der Waals surface area contributed by atoms with E-state index in [9.17, 15) is 4.79 Å². The minimum absolute atomic E-state index is 0.0309. The first kappa shape index (κ1) is 16.2. The number of hydrogen-bond acceptors (Lipinski definition) is 4. The molecule has 5 nitrogen and oxygen atoms in total. The van der Waals surface area contributed by atoms with Crippen LogP contribution in [0.15, 0.2) is 34.9 Å². The molecule has 0 saturated heterocycles. The van der Waals surface area contributed by atoms with E-state index in [-0.39, 0.29) is 18.6 Å². The molecule has 22 heavy (non-hydrogen) atoms. The number of aromatic nitrogens is 1. The monoisotopic (exact) mass is 302 g/mol. The first-order valence-corrected chi connectivity index (χ1v) is 7.39. The molecule has 1 atom stereocenters. The second kappa shape index (κ2) is 7.22. The average Bonchev–Trinajstić information content (AvgIpc) is 3.00. The molecule has 0 spiro atoms. The van der Waals surface area contributed by atoms with Gasteiger partial charge in [0.25, 0.3) is 0 Å². The zero-order chi connectivity index (χ0) is 16.1. The van der Waals surface area contributed by atoms with E-state index in [1.165, 1.54) is 5.56 Å². The Bertz CT molecular complexity index is 619. The van der Waals surface area contributed by atoms with Crippen LogP contribution in [0.5, 0.6) is 0 Å². The fourth-order valence-electron chi connectivity index (χ4n) is 2.04. The number of aliphatic hydroxyl groups is 1. The minimum atomic E-state index is -0.180. The molecule has 1 amide bonds. The van der Waals surface area contributed by atoms with Gasteiger partial charge in [-0.3, -0.25) is 4.79 Å². The molecular formula is C17H22N2O3. The Labute approximate surface area is 130 Å². The van der Waals surface area contributed by atoms with Crippen molar-refractivity contribution in [2.75, 3.05) is 13.7 Å². The standard InChI is InChI=1S/C17H22N2O3/c1-12-4-6-14(7-5-12)15-10-18-16(22-15)8-9-17(21)19(3)13(2)11-20/h4-7,10,13,20H,8-9,11H2,1-3H3. The zero-order valence-corrected chi connectivity index (χ0v) is 13.2. The van der Waals surface area contributed by atoms with E-state index in [4.69, 9.17) is 9.52 Å². The van der Waals surface area contributed by atoms with Gasteiger partial charge in [-0.05, 0) is 13.8 Å².